The maximum Gasteiger partial charge on any atom is 0.387 e. The highest BCUT2D eigenvalue weighted by molar-refractivity contribution is 5.92. The second-order valence-electron chi connectivity index (χ2n) is 6.38. The molecule has 2 amide bonds. The SMILES string of the molecule is CCOc1cc(/C=C/C(=O)NC2(CC(N)=O)CCOCC2)ccc1OC(F)F. The van der Waals surface area contributed by atoms with E-state index in [1.54, 1.807) is 6.92 Å². The Kier molecular flexibility index (Phi) is 7.74. The van der Waals surface area contributed by atoms with Crippen LogP contribution in [0.3, 0.4) is 0 Å². The van der Waals surface area contributed by atoms with Gasteiger partial charge in [-0.15, -0.1) is 0 Å². The minimum Gasteiger partial charge on any atom is -0.490 e. The third kappa shape index (κ3) is 6.49. The van der Waals surface area contributed by atoms with Crippen molar-refractivity contribution in [3.8, 4) is 11.5 Å². The van der Waals surface area contributed by atoms with Crippen LogP contribution in [0, 0.1) is 0 Å². The third-order valence-electron chi connectivity index (χ3n) is 4.26. The lowest BCUT2D eigenvalue weighted by Gasteiger charge is -2.36. The number of halogens is 2. The second-order valence-corrected chi connectivity index (χ2v) is 6.38. The van der Waals surface area contributed by atoms with Crippen LogP contribution in [0.5, 0.6) is 11.5 Å². The first kappa shape index (κ1) is 21.6. The van der Waals surface area contributed by atoms with Crippen molar-refractivity contribution < 1.29 is 32.6 Å². The van der Waals surface area contributed by atoms with E-state index in [4.69, 9.17) is 15.2 Å². The van der Waals surface area contributed by atoms with Gasteiger partial charge >= 0.3 is 6.61 Å². The summed E-state index contributed by atoms with van der Waals surface area (Å²) in [5.74, 6) is -0.822. The average molecular weight is 398 g/mol. The fourth-order valence-corrected chi connectivity index (χ4v) is 3.01. The fourth-order valence-electron chi connectivity index (χ4n) is 3.01. The van der Waals surface area contributed by atoms with Crippen molar-refractivity contribution in [1.82, 2.24) is 5.32 Å². The lowest BCUT2D eigenvalue weighted by atomic mass is 9.86. The lowest BCUT2D eigenvalue weighted by molar-refractivity contribution is -0.123. The molecule has 0 atom stereocenters. The van der Waals surface area contributed by atoms with Crippen LogP contribution in [0.1, 0.15) is 31.7 Å². The molecule has 3 N–H and O–H groups in total. The summed E-state index contributed by atoms with van der Waals surface area (Å²) in [5, 5.41) is 2.85. The zero-order valence-electron chi connectivity index (χ0n) is 15.6. The van der Waals surface area contributed by atoms with Crippen molar-refractivity contribution in [3.05, 3.63) is 29.8 Å². The van der Waals surface area contributed by atoms with Gasteiger partial charge in [0.25, 0.3) is 0 Å². The number of primary amides is 1. The molecule has 0 aliphatic carbocycles. The van der Waals surface area contributed by atoms with E-state index in [0.29, 0.717) is 31.6 Å². The summed E-state index contributed by atoms with van der Waals surface area (Å²) in [5.41, 5.74) is 5.16. The van der Waals surface area contributed by atoms with Crippen molar-refractivity contribution in [2.24, 2.45) is 5.73 Å². The number of hydrogen-bond donors (Lipinski definition) is 2. The van der Waals surface area contributed by atoms with Gasteiger partial charge in [0.05, 0.1) is 12.1 Å². The van der Waals surface area contributed by atoms with Gasteiger partial charge in [-0.25, -0.2) is 0 Å². The van der Waals surface area contributed by atoms with Crippen LogP contribution in [0.15, 0.2) is 24.3 Å². The molecule has 1 aromatic carbocycles. The summed E-state index contributed by atoms with van der Waals surface area (Å²) in [7, 11) is 0. The number of amides is 2. The molecule has 0 aromatic heterocycles. The van der Waals surface area contributed by atoms with Crippen LogP contribution >= 0.6 is 0 Å². The van der Waals surface area contributed by atoms with E-state index in [0.717, 1.165) is 0 Å². The minimum absolute atomic E-state index is 0.0318. The Balaban J connectivity index is 2.09. The number of carbonyl (C=O) groups excluding carboxylic acids is 2. The standard InChI is InChI=1S/C19H24F2N2O5/c1-2-27-15-11-13(3-5-14(15)28-18(20)21)4-6-17(25)23-19(12-16(22)24)7-9-26-10-8-19/h3-6,11,18H,2,7-10,12H2,1H3,(H2,22,24)(H,23,25)/b6-4+. The second kappa shape index (κ2) is 10.0. The number of nitrogens with one attached hydrogen (secondary N) is 1. The molecule has 154 valence electrons. The first-order chi connectivity index (χ1) is 13.3. The Labute approximate surface area is 161 Å². The lowest BCUT2D eigenvalue weighted by Crippen LogP contribution is -2.53. The van der Waals surface area contributed by atoms with Crippen LogP contribution in [0.4, 0.5) is 8.78 Å². The van der Waals surface area contributed by atoms with Crippen LogP contribution in [0.25, 0.3) is 6.08 Å². The number of carbonyl (C=O) groups is 2. The smallest absolute Gasteiger partial charge is 0.387 e. The summed E-state index contributed by atoms with van der Waals surface area (Å²) >= 11 is 0. The summed E-state index contributed by atoms with van der Waals surface area (Å²) in [6.07, 6.45) is 3.83. The molecule has 9 heteroatoms. The van der Waals surface area contributed by atoms with E-state index in [1.807, 2.05) is 0 Å². The molecule has 1 heterocycles. The number of rotatable bonds is 9. The quantitative estimate of drug-likeness (QED) is 0.622. The van der Waals surface area contributed by atoms with Gasteiger partial charge < -0.3 is 25.3 Å². The molecule has 0 spiro atoms. The fraction of sp³-hybridized carbons (Fsp3) is 0.474. The Morgan fingerprint density at radius 2 is 2.04 bits per heavy atom. The summed E-state index contributed by atoms with van der Waals surface area (Å²) in [6, 6.07) is 4.37. The molecule has 1 aliphatic rings. The molecule has 1 aromatic rings. The molecule has 0 bridgehead atoms. The van der Waals surface area contributed by atoms with E-state index in [1.165, 1.54) is 30.4 Å². The maximum atomic E-state index is 12.5. The summed E-state index contributed by atoms with van der Waals surface area (Å²) in [4.78, 5) is 23.7. The zero-order valence-corrected chi connectivity index (χ0v) is 15.6. The van der Waals surface area contributed by atoms with Gasteiger partial charge in [-0.2, -0.15) is 8.78 Å². The van der Waals surface area contributed by atoms with E-state index < -0.39 is 24.0 Å². The van der Waals surface area contributed by atoms with E-state index in [-0.39, 0.29) is 24.5 Å². The van der Waals surface area contributed by atoms with Gasteiger partial charge in [0, 0.05) is 25.7 Å². The van der Waals surface area contributed by atoms with Crippen molar-refractivity contribution in [2.75, 3.05) is 19.8 Å². The zero-order chi connectivity index (χ0) is 20.6. The number of ether oxygens (including phenoxy) is 3. The van der Waals surface area contributed by atoms with Gasteiger partial charge in [0.2, 0.25) is 11.8 Å². The van der Waals surface area contributed by atoms with Crippen molar-refractivity contribution in [3.63, 3.8) is 0 Å². The number of nitrogens with two attached hydrogens (primary N) is 1. The predicted octanol–water partition coefficient (Wildman–Crippen LogP) is 2.24. The van der Waals surface area contributed by atoms with Crippen LogP contribution < -0.4 is 20.5 Å². The topological polar surface area (TPSA) is 99.9 Å². The van der Waals surface area contributed by atoms with Crippen molar-refractivity contribution in [1.29, 1.82) is 0 Å². The normalized spacial score (nSPS) is 16.1. The molecule has 0 unspecified atom stereocenters. The van der Waals surface area contributed by atoms with Gasteiger partial charge in [-0.3, -0.25) is 9.59 Å². The van der Waals surface area contributed by atoms with Gasteiger partial charge in [0.1, 0.15) is 0 Å². The van der Waals surface area contributed by atoms with Crippen molar-refractivity contribution in [2.45, 2.75) is 38.3 Å². The average Bonchev–Trinajstić information content (AvgIpc) is 2.61. The Morgan fingerprint density at radius 3 is 2.64 bits per heavy atom. The Hall–Kier alpha value is -2.68. The third-order valence-corrected chi connectivity index (χ3v) is 4.26. The van der Waals surface area contributed by atoms with Gasteiger partial charge in [-0.05, 0) is 43.5 Å². The molecular weight excluding hydrogens is 374 g/mol. The highest BCUT2D eigenvalue weighted by atomic mass is 19.3. The number of alkyl halides is 2. The van der Waals surface area contributed by atoms with Crippen LogP contribution in [-0.2, 0) is 14.3 Å². The number of benzene rings is 1. The first-order valence-corrected chi connectivity index (χ1v) is 8.91. The minimum atomic E-state index is -2.97. The molecule has 1 aliphatic heterocycles. The Bertz CT molecular complexity index is 718. The highest BCUT2D eigenvalue weighted by Gasteiger charge is 2.35. The first-order valence-electron chi connectivity index (χ1n) is 8.91. The Morgan fingerprint density at radius 1 is 1.32 bits per heavy atom. The molecular formula is C19H24F2N2O5. The molecule has 28 heavy (non-hydrogen) atoms. The molecule has 2 rings (SSSR count). The molecule has 0 saturated carbocycles. The van der Waals surface area contributed by atoms with E-state index >= 15 is 0 Å². The van der Waals surface area contributed by atoms with Crippen LogP contribution in [-0.4, -0.2) is 43.8 Å². The van der Waals surface area contributed by atoms with Crippen LogP contribution in [0.2, 0.25) is 0 Å². The largest absolute Gasteiger partial charge is 0.490 e. The summed E-state index contributed by atoms with van der Waals surface area (Å²) in [6.45, 7) is -0.118. The van der Waals surface area contributed by atoms with Crippen molar-refractivity contribution >= 4 is 17.9 Å². The van der Waals surface area contributed by atoms with E-state index in [9.17, 15) is 18.4 Å². The molecule has 7 nitrogen and oxygen atoms in total. The highest BCUT2D eigenvalue weighted by Crippen LogP contribution is 2.30. The summed E-state index contributed by atoms with van der Waals surface area (Å²) < 4.78 is 39.9. The molecule has 1 fully saturated rings. The maximum absolute atomic E-state index is 12.5. The molecule has 0 radical (unpaired) electrons. The van der Waals surface area contributed by atoms with Gasteiger partial charge in [0.15, 0.2) is 11.5 Å². The molecule has 1 saturated heterocycles. The van der Waals surface area contributed by atoms with Gasteiger partial charge in [-0.1, -0.05) is 6.07 Å². The number of hydrogen-bond acceptors (Lipinski definition) is 5. The predicted molar refractivity (Wildman–Crippen MR) is 98.0 cm³/mol. The monoisotopic (exact) mass is 398 g/mol. The van der Waals surface area contributed by atoms with E-state index in [2.05, 4.69) is 10.1 Å².